The Bertz CT molecular complexity index is 536. The third-order valence-electron chi connectivity index (χ3n) is 3.98. The number of hydrogen-bond acceptors (Lipinski definition) is 2. The van der Waals surface area contributed by atoms with Crippen molar-refractivity contribution in [2.45, 2.75) is 46.6 Å². The van der Waals surface area contributed by atoms with Crippen molar-refractivity contribution < 1.29 is 4.42 Å². The van der Waals surface area contributed by atoms with Crippen LogP contribution in [-0.2, 0) is 12.8 Å². The van der Waals surface area contributed by atoms with Crippen molar-refractivity contribution in [3.8, 4) is 0 Å². The Hall–Kier alpha value is -1.54. The van der Waals surface area contributed by atoms with Crippen LogP contribution in [-0.4, -0.2) is 6.54 Å². The van der Waals surface area contributed by atoms with Gasteiger partial charge in [-0.05, 0) is 49.6 Å². The highest BCUT2D eigenvalue weighted by Crippen LogP contribution is 2.26. The van der Waals surface area contributed by atoms with E-state index in [1.165, 1.54) is 22.3 Å². The molecule has 0 saturated carbocycles. The smallest absolute Gasteiger partial charge is 0.108 e. The minimum Gasteiger partial charge on any atom is -0.469 e. The van der Waals surface area contributed by atoms with Gasteiger partial charge >= 0.3 is 0 Å². The van der Waals surface area contributed by atoms with E-state index < -0.39 is 0 Å². The third kappa shape index (κ3) is 3.13. The van der Waals surface area contributed by atoms with Gasteiger partial charge in [0.15, 0.2) is 0 Å². The molecule has 0 bridgehead atoms. The summed E-state index contributed by atoms with van der Waals surface area (Å²) in [5.74, 6) is 1.10. The Morgan fingerprint density at radius 1 is 1.10 bits per heavy atom. The van der Waals surface area contributed by atoms with E-state index in [9.17, 15) is 0 Å². The van der Waals surface area contributed by atoms with Crippen LogP contribution in [0.15, 0.2) is 34.9 Å². The predicted octanol–water partition coefficient (Wildman–Crippen LogP) is 4.35. The van der Waals surface area contributed by atoms with Gasteiger partial charge in [0.05, 0.1) is 6.26 Å². The monoisotopic (exact) mass is 271 g/mol. The number of furan rings is 1. The molecule has 0 amide bonds. The fourth-order valence-electron chi connectivity index (χ4n) is 2.86. The summed E-state index contributed by atoms with van der Waals surface area (Å²) in [5, 5.41) is 3.60. The first-order valence-electron chi connectivity index (χ1n) is 7.52. The topological polar surface area (TPSA) is 25.2 Å². The van der Waals surface area contributed by atoms with Gasteiger partial charge in [0, 0.05) is 18.0 Å². The van der Waals surface area contributed by atoms with Crippen LogP contribution in [0.5, 0.6) is 0 Å². The van der Waals surface area contributed by atoms with Crippen LogP contribution in [0, 0.1) is 13.8 Å². The first kappa shape index (κ1) is 14.9. The largest absolute Gasteiger partial charge is 0.469 e. The van der Waals surface area contributed by atoms with E-state index in [2.05, 4.69) is 57.3 Å². The number of hydrogen-bond donors (Lipinski definition) is 1. The first-order valence-corrected chi connectivity index (χ1v) is 7.52. The van der Waals surface area contributed by atoms with Crippen LogP contribution in [0.1, 0.15) is 47.9 Å². The quantitative estimate of drug-likeness (QED) is 0.845. The third-order valence-corrected chi connectivity index (χ3v) is 3.98. The molecule has 1 N–H and O–H groups in total. The molecule has 0 aliphatic rings. The van der Waals surface area contributed by atoms with Crippen molar-refractivity contribution in [3.63, 3.8) is 0 Å². The molecule has 1 unspecified atom stereocenters. The highest BCUT2D eigenvalue weighted by Gasteiger charge is 2.18. The van der Waals surface area contributed by atoms with Crippen molar-refractivity contribution in [2.75, 3.05) is 6.54 Å². The van der Waals surface area contributed by atoms with Gasteiger partial charge in [0.25, 0.3) is 0 Å². The number of likely N-dealkylation sites (N-methyl/N-ethyl adjacent to an activating group) is 1. The minimum atomic E-state index is 0.327. The van der Waals surface area contributed by atoms with Gasteiger partial charge in [-0.1, -0.05) is 32.0 Å². The Balaban J connectivity index is 2.30. The van der Waals surface area contributed by atoms with E-state index in [0.717, 1.165) is 25.1 Å². The molecule has 1 aromatic carbocycles. The van der Waals surface area contributed by atoms with E-state index in [0.29, 0.717) is 6.04 Å². The Labute approximate surface area is 122 Å². The van der Waals surface area contributed by atoms with Gasteiger partial charge < -0.3 is 9.73 Å². The van der Waals surface area contributed by atoms with Crippen LogP contribution >= 0.6 is 0 Å². The molecule has 1 heterocycles. The van der Waals surface area contributed by atoms with E-state index in [4.69, 9.17) is 4.42 Å². The van der Waals surface area contributed by atoms with Gasteiger partial charge in [-0.3, -0.25) is 0 Å². The molecule has 1 aromatic heterocycles. The molecule has 0 aliphatic carbocycles. The van der Waals surface area contributed by atoms with Crippen molar-refractivity contribution in [1.29, 1.82) is 0 Å². The lowest BCUT2D eigenvalue weighted by molar-refractivity contribution is 0.486. The maximum Gasteiger partial charge on any atom is 0.108 e. The van der Waals surface area contributed by atoms with Gasteiger partial charge in [0.1, 0.15) is 5.76 Å². The number of benzene rings is 1. The van der Waals surface area contributed by atoms with E-state index in [1.54, 1.807) is 0 Å². The summed E-state index contributed by atoms with van der Waals surface area (Å²) in [6, 6.07) is 8.96. The zero-order valence-electron chi connectivity index (χ0n) is 13.0. The van der Waals surface area contributed by atoms with Crippen molar-refractivity contribution in [1.82, 2.24) is 5.32 Å². The summed E-state index contributed by atoms with van der Waals surface area (Å²) < 4.78 is 5.60. The summed E-state index contributed by atoms with van der Waals surface area (Å²) in [7, 11) is 0. The predicted molar refractivity (Wildman–Crippen MR) is 84.1 cm³/mol. The molecule has 0 aliphatic heterocycles. The fourth-order valence-corrected chi connectivity index (χ4v) is 2.86. The Kier molecular flexibility index (Phi) is 5.02. The Morgan fingerprint density at radius 2 is 1.80 bits per heavy atom. The molecule has 0 radical (unpaired) electrons. The van der Waals surface area contributed by atoms with Gasteiger partial charge in [-0.15, -0.1) is 0 Å². The second-order valence-electron chi connectivity index (χ2n) is 5.34. The molecule has 108 valence electrons. The molecule has 0 saturated heterocycles. The fraction of sp³-hybridized carbons (Fsp3) is 0.444. The average Bonchev–Trinajstić information content (AvgIpc) is 2.90. The van der Waals surface area contributed by atoms with E-state index in [1.807, 2.05) is 6.26 Å². The van der Waals surface area contributed by atoms with E-state index >= 15 is 0 Å². The number of rotatable bonds is 6. The zero-order valence-corrected chi connectivity index (χ0v) is 13.0. The standard InChI is InChI=1S/C18H25NO/c1-5-18-15(10-11-20-18)17(19-6-2)12-16-13(3)8-7-9-14(16)4/h7-11,17,19H,5-6,12H2,1-4H3. The molecule has 1 atom stereocenters. The molecular formula is C18H25NO. The maximum atomic E-state index is 5.60. The molecule has 2 aromatic rings. The average molecular weight is 271 g/mol. The van der Waals surface area contributed by atoms with Crippen molar-refractivity contribution in [3.05, 3.63) is 58.5 Å². The molecule has 20 heavy (non-hydrogen) atoms. The summed E-state index contributed by atoms with van der Waals surface area (Å²) in [6.07, 6.45) is 3.76. The zero-order chi connectivity index (χ0) is 14.5. The van der Waals surface area contributed by atoms with Crippen molar-refractivity contribution in [2.24, 2.45) is 0 Å². The molecule has 2 rings (SSSR count). The second-order valence-corrected chi connectivity index (χ2v) is 5.34. The summed E-state index contributed by atoms with van der Waals surface area (Å²) >= 11 is 0. The highest BCUT2D eigenvalue weighted by molar-refractivity contribution is 5.36. The van der Waals surface area contributed by atoms with Gasteiger partial charge in [0.2, 0.25) is 0 Å². The van der Waals surface area contributed by atoms with Gasteiger partial charge in [-0.2, -0.15) is 0 Å². The van der Waals surface area contributed by atoms with Crippen LogP contribution in [0.2, 0.25) is 0 Å². The molecular weight excluding hydrogens is 246 g/mol. The van der Waals surface area contributed by atoms with Gasteiger partial charge in [-0.25, -0.2) is 0 Å². The molecule has 2 heteroatoms. The molecule has 0 fully saturated rings. The lowest BCUT2D eigenvalue weighted by Gasteiger charge is -2.20. The summed E-state index contributed by atoms with van der Waals surface area (Å²) in [6.45, 7) is 9.65. The Morgan fingerprint density at radius 3 is 2.40 bits per heavy atom. The van der Waals surface area contributed by atoms with E-state index in [-0.39, 0.29) is 0 Å². The van der Waals surface area contributed by atoms with Crippen LogP contribution < -0.4 is 5.32 Å². The van der Waals surface area contributed by atoms with Crippen LogP contribution in [0.3, 0.4) is 0 Å². The maximum absolute atomic E-state index is 5.60. The van der Waals surface area contributed by atoms with Crippen molar-refractivity contribution >= 4 is 0 Å². The number of aryl methyl sites for hydroxylation is 3. The minimum absolute atomic E-state index is 0.327. The highest BCUT2D eigenvalue weighted by atomic mass is 16.3. The number of nitrogens with one attached hydrogen (secondary N) is 1. The molecule has 0 spiro atoms. The summed E-state index contributed by atoms with van der Waals surface area (Å²) in [5.41, 5.74) is 5.49. The first-order chi connectivity index (χ1) is 9.67. The van der Waals surface area contributed by atoms with Crippen LogP contribution in [0.4, 0.5) is 0 Å². The lowest BCUT2D eigenvalue weighted by atomic mass is 9.92. The second kappa shape index (κ2) is 6.76. The van der Waals surface area contributed by atoms with Crippen LogP contribution in [0.25, 0.3) is 0 Å². The molecule has 2 nitrogen and oxygen atoms in total. The summed E-state index contributed by atoms with van der Waals surface area (Å²) in [4.78, 5) is 0. The lowest BCUT2D eigenvalue weighted by Crippen LogP contribution is -2.24. The SMILES string of the molecule is CCNC(Cc1c(C)cccc1C)c1ccoc1CC. The normalized spacial score (nSPS) is 12.6.